The third-order valence-electron chi connectivity index (χ3n) is 5.52. The van der Waals surface area contributed by atoms with Crippen LogP contribution in [0.15, 0.2) is 82.0 Å². The quantitative estimate of drug-likeness (QED) is 0.148. The number of fused-ring (bicyclic) bond motifs is 1. The molecule has 1 aromatic heterocycles. The van der Waals surface area contributed by atoms with Crippen molar-refractivity contribution in [3.63, 3.8) is 0 Å². The molecule has 3 aromatic carbocycles. The lowest BCUT2D eigenvalue weighted by Gasteiger charge is -2.23. The van der Waals surface area contributed by atoms with Crippen molar-refractivity contribution in [2.75, 3.05) is 7.11 Å². The summed E-state index contributed by atoms with van der Waals surface area (Å²) >= 11 is 0. The van der Waals surface area contributed by atoms with Gasteiger partial charge in [0.1, 0.15) is 45.8 Å². The van der Waals surface area contributed by atoms with Gasteiger partial charge in [0.15, 0.2) is 5.43 Å². The van der Waals surface area contributed by atoms with E-state index < -0.39 is 37.1 Å². The van der Waals surface area contributed by atoms with Crippen molar-refractivity contribution in [2.24, 2.45) is 0 Å². The average molecular weight is 595 g/mol. The molecule has 4 rings (SSSR count). The van der Waals surface area contributed by atoms with Crippen molar-refractivity contribution in [1.82, 2.24) is 5.09 Å². The molecule has 0 bridgehead atoms. The van der Waals surface area contributed by atoms with Gasteiger partial charge in [-0.05, 0) is 43.3 Å². The molecule has 0 aliphatic rings. The minimum absolute atomic E-state index is 0.0670. The first-order valence-corrected chi connectivity index (χ1v) is 14.0. The lowest BCUT2D eigenvalue weighted by molar-refractivity contribution is -0.142. The molecule has 218 valence electrons. The second-order valence-corrected chi connectivity index (χ2v) is 10.5. The van der Waals surface area contributed by atoms with Crippen molar-refractivity contribution < 1.29 is 46.6 Å². The summed E-state index contributed by atoms with van der Waals surface area (Å²) in [4.78, 5) is 48.4. The number of methoxy groups -OCH3 is 1. The van der Waals surface area contributed by atoms with Gasteiger partial charge in [-0.2, -0.15) is 5.09 Å². The van der Waals surface area contributed by atoms with Crippen molar-refractivity contribution in [1.29, 1.82) is 0 Å². The first-order chi connectivity index (χ1) is 20.0. The molecule has 0 aliphatic carbocycles. The average Bonchev–Trinajstić information content (AvgIpc) is 2.92. The van der Waals surface area contributed by atoms with Crippen molar-refractivity contribution in [3.05, 3.63) is 83.0 Å². The van der Waals surface area contributed by atoms with E-state index in [-0.39, 0.29) is 34.0 Å². The van der Waals surface area contributed by atoms with Crippen molar-refractivity contribution >= 4 is 36.6 Å². The molecule has 12 nitrogen and oxygen atoms in total. The van der Waals surface area contributed by atoms with Crippen LogP contribution in [0.1, 0.15) is 20.8 Å². The van der Waals surface area contributed by atoms with Crippen LogP contribution in [0.2, 0.25) is 0 Å². The van der Waals surface area contributed by atoms with Crippen LogP contribution in [0.3, 0.4) is 0 Å². The molecule has 1 heterocycles. The highest BCUT2D eigenvalue weighted by Gasteiger charge is 2.34. The molecule has 0 saturated heterocycles. The Balaban J connectivity index is 1.80. The van der Waals surface area contributed by atoms with E-state index >= 15 is 0 Å². The number of para-hydroxylation sites is 1. The second-order valence-electron chi connectivity index (χ2n) is 8.85. The molecule has 13 heteroatoms. The van der Waals surface area contributed by atoms with Crippen LogP contribution in [0.4, 0.5) is 0 Å². The summed E-state index contributed by atoms with van der Waals surface area (Å²) in [7, 11) is -3.20. The van der Waals surface area contributed by atoms with Crippen LogP contribution < -0.4 is 29.0 Å². The Hall–Kier alpha value is -4.93. The first-order valence-electron chi connectivity index (χ1n) is 12.5. The minimum Gasteiger partial charge on any atom is -0.468 e. The Kier molecular flexibility index (Phi) is 9.09. The fourth-order valence-electron chi connectivity index (χ4n) is 3.81. The Morgan fingerprint density at radius 2 is 1.48 bits per heavy atom. The molecule has 0 spiro atoms. The van der Waals surface area contributed by atoms with E-state index in [4.69, 9.17) is 27.7 Å². The van der Waals surface area contributed by atoms with Crippen molar-refractivity contribution in [2.45, 2.75) is 26.8 Å². The summed E-state index contributed by atoms with van der Waals surface area (Å²) < 4.78 is 46.3. The zero-order chi connectivity index (χ0) is 30.4. The third-order valence-corrected chi connectivity index (χ3v) is 7.13. The summed E-state index contributed by atoms with van der Waals surface area (Å²) in [6.07, 6.45) is 0. The van der Waals surface area contributed by atoms with E-state index in [1.165, 1.54) is 63.4 Å². The van der Waals surface area contributed by atoms with Gasteiger partial charge in [0.05, 0.1) is 7.11 Å². The monoisotopic (exact) mass is 595 g/mol. The van der Waals surface area contributed by atoms with Gasteiger partial charge in [0, 0.05) is 37.6 Å². The van der Waals surface area contributed by atoms with Gasteiger partial charge in [-0.15, -0.1) is 0 Å². The Morgan fingerprint density at radius 1 is 0.833 bits per heavy atom. The maximum atomic E-state index is 13.9. The molecule has 0 aliphatic heterocycles. The predicted molar refractivity (Wildman–Crippen MR) is 150 cm³/mol. The van der Waals surface area contributed by atoms with Gasteiger partial charge in [-0.25, -0.2) is 4.57 Å². The van der Waals surface area contributed by atoms with Gasteiger partial charge in [-0.1, -0.05) is 18.2 Å². The molecule has 42 heavy (non-hydrogen) atoms. The number of hydrogen-bond donors (Lipinski definition) is 1. The molecule has 0 saturated carbocycles. The molecule has 4 aromatic rings. The highest BCUT2D eigenvalue weighted by atomic mass is 31.2. The Labute approximate surface area is 239 Å². The SMILES string of the molecule is COC(=O)[C@H](C)NP(=O)(Oc1ccccc1)Oc1cc(OC(C)=O)c2c(=O)cc(-c3ccc(OC(C)=O)cc3)oc2c1. The highest BCUT2D eigenvalue weighted by Crippen LogP contribution is 2.47. The number of nitrogens with one attached hydrogen (secondary N) is 1. The van der Waals surface area contributed by atoms with E-state index in [1.807, 2.05) is 0 Å². The zero-order valence-corrected chi connectivity index (χ0v) is 23.8. The fourth-order valence-corrected chi connectivity index (χ4v) is 5.31. The molecule has 1 N–H and O–H groups in total. The standard InChI is InChI=1S/C29H26NO11P/c1-17(29(34)36-4)30-42(35,40-22-8-6-5-7-9-22)41-23-14-26(38-19(3)32)28-24(33)16-25(39-27(28)15-23)20-10-12-21(13-11-20)37-18(2)31/h5-17H,1-4H3,(H,30,35)/t17-,42?/m0/s1. The predicted octanol–water partition coefficient (Wildman–Crippen LogP) is 5.03. The van der Waals surface area contributed by atoms with Crippen LogP contribution in [0.5, 0.6) is 23.0 Å². The normalized spacial score (nSPS) is 13.0. The summed E-state index contributed by atoms with van der Waals surface area (Å²) in [5.74, 6) is -1.75. The lowest BCUT2D eigenvalue weighted by Crippen LogP contribution is -2.35. The van der Waals surface area contributed by atoms with Crippen molar-refractivity contribution in [3.8, 4) is 34.3 Å². The maximum absolute atomic E-state index is 13.9. The van der Waals surface area contributed by atoms with Gasteiger partial charge < -0.3 is 27.7 Å². The zero-order valence-electron chi connectivity index (χ0n) is 22.9. The third kappa shape index (κ3) is 7.42. The van der Waals surface area contributed by atoms with Crippen LogP contribution >= 0.6 is 7.75 Å². The molecule has 2 atom stereocenters. The molecule has 0 fully saturated rings. The number of rotatable bonds is 10. The van der Waals surface area contributed by atoms with Gasteiger partial charge in [-0.3, -0.25) is 19.2 Å². The number of benzene rings is 3. The van der Waals surface area contributed by atoms with Gasteiger partial charge in [0.2, 0.25) is 0 Å². The summed E-state index contributed by atoms with van der Waals surface area (Å²) in [6.45, 7) is 3.81. The topological polar surface area (TPSA) is 157 Å². The first kappa shape index (κ1) is 30.0. The van der Waals surface area contributed by atoms with Gasteiger partial charge >= 0.3 is 25.7 Å². The number of ether oxygens (including phenoxy) is 3. The summed E-state index contributed by atoms with van der Waals surface area (Å²) in [5, 5.41) is 2.44. The maximum Gasteiger partial charge on any atom is 0.513 e. The lowest BCUT2D eigenvalue weighted by atomic mass is 10.1. The number of hydrogen-bond acceptors (Lipinski definition) is 11. The molecular weight excluding hydrogens is 569 g/mol. The smallest absolute Gasteiger partial charge is 0.468 e. The van der Waals surface area contributed by atoms with Gasteiger partial charge in [0.25, 0.3) is 0 Å². The minimum atomic E-state index is -4.37. The highest BCUT2D eigenvalue weighted by molar-refractivity contribution is 7.52. The van der Waals surface area contributed by atoms with E-state index in [0.717, 1.165) is 6.92 Å². The number of carbonyl (C=O) groups excluding carboxylic acids is 3. The van der Waals surface area contributed by atoms with E-state index in [0.29, 0.717) is 11.3 Å². The molecule has 0 radical (unpaired) electrons. The Bertz CT molecular complexity index is 1730. The largest absolute Gasteiger partial charge is 0.513 e. The van der Waals surface area contributed by atoms with Crippen LogP contribution in [0, 0.1) is 0 Å². The van der Waals surface area contributed by atoms with Crippen LogP contribution in [-0.4, -0.2) is 31.1 Å². The van der Waals surface area contributed by atoms with Crippen LogP contribution in [-0.2, 0) is 23.7 Å². The molecule has 1 unspecified atom stereocenters. The van der Waals surface area contributed by atoms with E-state index in [1.54, 1.807) is 30.3 Å². The molecular formula is C29H26NO11P. The number of esters is 3. The van der Waals surface area contributed by atoms with Crippen LogP contribution in [0.25, 0.3) is 22.3 Å². The fraction of sp³-hybridized carbons (Fsp3) is 0.172. The van der Waals surface area contributed by atoms with E-state index in [9.17, 15) is 23.7 Å². The summed E-state index contributed by atoms with van der Waals surface area (Å²) in [6, 6.07) is 16.8. The second kappa shape index (κ2) is 12.7. The number of carbonyl (C=O) groups is 3. The van der Waals surface area contributed by atoms with E-state index in [2.05, 4.69) is 5.09 Å². The summed E-state index contributed by atoms with van der Waals surface area (Å²) in [5.41, 5.74) is -0.140. The molecule has 0 amide bonds. The Morgan fingerprint density at radius 3 is 2.10 bits per heavy atom.